The van der Waals surface area contributed by atoms with Gasteiger partial charge in [-0.15, -0.1) is 0 Å². The molecule has 0 bridgehead atoms. The molecule has 0 spiro atoms. The van der Waals surface area contributed by atoms with E-state index in [4.69, 9.17) is 9.97 Å². The molecule has 212 valence electrons. The monoisotopic (exact) mass is 582 g/mol. The van der Waals surface area contributed by atoms with E-state index in [-0.39, 0.29) is 0 Å². The fourth-order valence-electron chi connectivity index (χ4n) is 7.63. The number of para-hydroxylation sites is 1. The van der Waals surface area contributed by atoms with Crippen molar-refractivity contribution in [3.63, 3.8) is 0 Å². The Bertz CT molecular complexity index is 2830. The summed E-state index contributed by atoms with van der Waals surface area (Å²) >= 11 is 0. The van der Waals surface area contributed by atoms with Gasteiger partial charge in [0.25, 0.3) is 0 Å². The van der Waals surface area contributed by atoms with Crippen LogP contribution < -0.4 is 0 Å². The molecule has 0 unspecified atom stereocenters. The maximum Gasteiger partial charge on any atom is 0.0978 e. The van der Waals surface area contributed by atoms with Gasteiger partial charge in [-0.2, -0.15) is 0 Å². The predicted molar refractivity (Wildman–Crippen MR) is 195 cm³/mol. The van der Waals surface area contributed by atoms with Crippen LogP contribution in [0, 0.1) is 0 Å². The molecule has 0 aliphatic carbocycles. The van der Waals surface area contributed by atoms with Gasteiger partial charge in [0.05, 0.1) is 16.6 Å². The third-order valence-corrected chi connectivity index (χ3v) is 9.67. The number of fused-ring (bicyclic) bond motifs is 11. The van der Waals surface area contributed by atoms with Crippen molar-refractivity contribution in [3.8, 4) is 22.3 Å². The normalized spacial score (nSPS) is 11.9. The zero-order valence-corrected chi connectivity index (χ0v) is 24.9. The van der Waals surface area contributed by atoms with Gasteiger partial charge in [0, 0.05) is 27.9 Å². The summed E-state index contributed by atoms with van der Waals surface area (Å²) in [5.41, 5.74) is 7.70. The van der Waals surface area contributed by atoms with Gasteiger partial charge >= 0.3 is 0 Å². The van der Waals surface area contributed by atoms with Crippen LogP contribution in [0.5, 0.6) is 0 Å². The Labute approximate surface area is 265 Å². The van der Waals surface area contributed by atoms with Crippen LogP contribution in [-0.4, -0.2) is 9.97 Å². The maximum atomic E-state index is 5.15. The first-order valence-electron chi connectivity index (χ1n) is 15.8. The second kappa shape index (κ2) is 9.69. The number of hydrogen-bond donors (Lipinski definition) is 0. The van der Waals surface area contributed by atoms with Crippen molar-refractivity contribution in [2.75, 3.05) is 0 Å². The number of pyridine rings is 2. The van der Waals surface area contributed by atoms with Crippen molar-refractivity contribution in [1.82, 2.24) is 9.97 Å². The molecular weight excluding hydrogens is 556 g/mol. The first kappa shape index (κ1) is 25.2. The zero-order chi connectivity index (χ0) is 30.2. The Kier molecular flexibility index (Phi) is 5.31. The molecular formula is C44H26N2. The quantitative estimate of drug-likeness (QED) is 0.150. The van der Waals surface area contributed by atoms with Crippen molar-refractivity contribution in [2.45, 2.75) is 0 Å². The van der Waals surface area contributed by atoms with Gasteiger partial charge < -0.3 is 0 Å². The summed E-state index contributed by atoms with van der Waals surface area (Å²) in [6, 6.07) is 55.0. The second-order valence-electron chi connectivity index (χ2n) is 12.1. The predicted octanol–water partition coefficient (Wildman–Crippen LogP) is 11.9. The molecule has 0 aliphatic rings. The summed E-state index contributed by atoms with van der Waals surface area (Å²) in [5.74, 6) is 0. The fraction of sp³-hybridized carbons (Fsp3) is 0. The van der Waals surface area contributed by atoms with E-state index in [2.05, 4.69) is 146 Å². The minimum absolute atomic E-state index is 0.934. The lowest BCUT2D eigenvalue weighted by molar-refractivity contribution is 1.40. The summed E-state index contributed by atoms with van der Waals surface area (Å²) in [7, 11) is 0. The molecule has 0 N–H and O–H groups in total. The van der Waals surface area contributed by atoms with Gasteiger partial charge in [0.1, 0.15) is 0 Å². The van der Waals surface area contributed by atoms with Crippen molar-refractivity contribution in [3.05, 3.63) is 158 Å². The van der Waals surface area contributed by atoms with E-state index >= 15 is 0 Å². The SMILES string of the molecule is c1cnc2c(c1)ccc1c(-c3ccc(-c4ccc5c6ccccc6c6ccccc6c5c4)c4ccccc34)c3ccccc3nc12. The summed E-state index contributed by atoms with van der Waals surface area (Å²) in [5, 5.41) is 13.6. The lowest BCUT2D eigenvalue weighted by Gasteiger charge is -2.17. The summed E-state index contributed by atoms with van der Waals surface area (Å²) in [4.78, 5) is 9.92. The molecule has 0 amide bonds. The van der Waals surface area contributed by atoms with Crippen LogP contribution in [0.15, 0.2) is 158 Å². The van der Waals surface area contributed by atoms with Gasteiger partial charge in [-0.1, -0.05) is 133 Å². The van der Waals surface area contributed by atoms with Crippen LogP contribution in [0.1, 0.15) is 0 Å². The molecule has 0 saturated heterocycles. The molecule has 8 aromatic carbocycles. The van der Waals surface area contributed by atoms with Crippen molar-refractivity contribution < 1.29 is 0 Å². The van der Waals surface area contributed by atoms with E-state index in [1.54, 1.807) is 0 Å². The average molecular weight is 583 g/mol. The standard InChI is InChI=1S/C44H26N2/c1-5-15-34-30(11-1)29(28-20-21-36-33-14-3-2-12-31(33)32-13-4-6-16-35(32)40(36)26-28)23-24-37(34)42-38-17-7-8-18-41(38)46-44-39(42)22-19-27-10-9-25-45-43(27)44/h1-26H. The largest absolute Gasteiger partial charge is 0.254 e. The molecule has 2 heterocycles. The molecule has 46 heavy (non-hydrogen) atoms. The van der Waals surface area contributed by atoms with Gasteiger partial charge in [-0.25, -0.2) is 4.98 Å². The Hall–Kier alpha value is -6.12. The molecule has 0 radical (unpaired) electrons. The van der Waals surface area contributed by atoms with Crippen molar-refractivity contribution >= 4 is 75.8 Å². The Morgan fingerprint density at radius 1 is 0.348 bits per heavy atom. The summed E-state index contributed by atoms with van der Waals surface area (Å²) in [6.07, 6.45) is 1.86. The lowest BCUT2D eigenvalue weighted by atomic mass is 9.87. The van der Waals surface area contributed by atoms with Crippen LogP contribution in [-0.2, 0) is 0 Å². The molecule has 0 saturated carbocycles. The number of rotatable bonds is 2. The number of aromatic nitrogens is 2. The molecule has 2 nitrogen and oxygen atoms in total. The van der Waals surface area contributed by atoms with E-state index in [1.807, 2.05) is 12.3 Å². The first-order valence-corrected chi connectivity index (χ1v) is 15.8. The van der Waals surface area contributed by atoms with Crippen LogP contribution in [0.4, 0.5) is 0 Å². The summed E-state index contributed by atoms with van der Waals surface area (Å²) < 4.78 is 0. The first-order chi connectivity index (χ1) is 22.8. The van der Waals surface area contributed by atoms with E-state index in [0.717, 1.165) is 32.7 Å². The fourth-order valence-corrected chi connectivity index (χ4v) is 7.63. The Balaban J connectivity index is 1.27. The van der Waals surface area contributed by atoms with Gasteiger partial charge in [0.2, 0.25) is 0 Å². The molecule has 0 aliphatic heterocycles. The Morgan fingerprint density at radius 3 is 1.65 bits per heavy atom. The van der Waals surface area contributed by atoms with Crippen LogP contribution in [0.25, 0.3) is 98.1 Å². The maximum absolute atomic E-state index is 5.15. The highest BCUT2D eigenvalue weighted by molar-refractivity contribution is 6.26. The minimum atomic E-state index is 0.934. The third kappa shape index (κ3) is 3.59. The van der Waals surface area contributed by atoms with Crippen LogP contribution >= 0.6 is 0 Å². The molecule has 2 aromatic heterocycles. The highest BCUT2D eigenvalue weighted by Gasteiger charge is 2.18. The van der Waals surface area contributed by atoms with E-state index < -0.39 is 0 Å². The number of benzene rings is 8. The summed E-state index contributed by atoms with van der Waals surface area (Å²) in [6.45, 7) is 0. The lowest BCUT2D eigenvalue weighted by Crippen LogP contribution is -1.93. The average Bonchev–Trinajstić information content (AvgIpc) is 3.13. The highest BCUT2D eigenvalue weighted by Crippen LogP contribution is 2.43. The Morgan fingerprint density at radius 2 is 0.913 bits per heavy atom. The van der Waals surface area contributed by atoms with Crippen molar-refractivity contribution in [1.29, 1.82) is 0 Å². The minimum Gasteiger partial charge on any atom is -0.254 e. The van der Waals surface area contributed by atoms with Gasteiger partial charge in [-0.05, 0) is 78.0 Å². The van der Waals surface area contributed by atoms with Crippen molar-refractivity contribution in [2.24, 2.45) is 0 Å². The molecule has 0 atom stereocenters. The van der Waals surface area contributed by atoms with Crippen LogP contribution in [0.2, 0.25) is 0 Å². The highest BCUT2D eigenvalue weighted by atomic mass is 14.7. The second-order valence-corrected chi connectivity index (χ2v) is 12.1. The zero-order valence-electron chi connectivity index (χ0n) is 24.9. The van der Waals surface area contributed by atoms with Crippen LogP contribution in [0.3, 0.4) is 0 Å². The third-order valence-electron chi connectivity index (χ3n) is 9.67. The molecule has 0 fully saturated rings. The van der Waals surface area contributed by atoms with Gasteiger partial charge in [0.15, 0.2) is 0 Å². The van der Waals surface area contributed by atoms with Gasteiger partial charge in [-0.3, -0.25) is 4.98 Å². The molecule has 2 heteroatoms. The van der Waals surface area contributed by atoms with E-state index in [0.29, 0.717) is 0 Å². The smallest absolute Gasteiger partial charge is 0.0978 e. The molecule has 10 aromatic rings. The van der Waals surface area contributed by atoms with E-state index in [1.165, 1.54) is 65.3 Å². The number of hydrogen-bond acceptors (Lipinski definition) is 2. The molecule has 10 rings (SSSR count). The topological polar surface area (TPSA) is 25.8 Å². The number of nitrogens with zero attached hydrogens (tertiary/aromatic N) is 2. The van der Waals surface area contributed by atoms with E-state index in [9.17, 15) is 0 Å².